The molecule has 1 N–H and O–H groups in total. The number of hydrogen-bond donors (Lipinski definition) is 1. The van der Waals surface area contributed by atoms with Crippen LogP contribution in [0.4, 0.5) is 5.69 Å². The Bertz CT molecular complexity index is 619. The van der Waals surface area contributed by atoms with Crippen molar-refractivity contribution in [3.05, 3.63) is 56.5 Å². The molecule has 0 aliphatic carbocycles. The van der Waals surface area contributed by atoms with Gasteiger partial charge in [-0.2, -0.15) is 0 Å². The normalized spacial score (nSPS) is 16.6. The minimum absolute atomic E-state index is 0.395. The van der Waals surface area contributed by atoms with Gasteiger partial charge in [0.25, 0.3) is 0 Å². The first-order valence-electron chi connectivity index (χ1n) is 6.56. The quantitative estimate of drug-likeness (QED) is 0.778. The molecule has 2 nitrogen and oxygen atoms in total. The molecule has 1 aliphatic heterocycles. The Kier molecular flexibility index (Phi) is 4.03. The average Bonchev–Trinajstić information content (AvgIpc) is 2.81. The monoisotopic (exact) mass is 395 g/mol. The molecule has 20 heavy (non-hydrogen) atoms. The van der Waals surface area contributed by atoms with Crippen molar-refractivity contribution < 1.29 is 4.74 Å². The third-order valence-electron chi connectivity index (χ3n) is 3.51. The fourth-order valence-electron chi connectivity index (χ4n) is 2.49. The number of rotatable bonds is 3. The number of benzene rings is 2. The Morgan fingerprint density at radius 2 is 1.90 bits per heavy atom. The second-order valence-electron chi connectivity index (χ2n) is 5.03. The summed E-state index contributed by atoms with van der Waals surface area (Å²) in [5.74, 6) is 1.41. The molecule has 3 rings (SSSR count). The van der Waals surface area contributed by atoms with Gasteiger partial charge in [0.05, 0.1) is 12.3 Å². The molecule has 2 aromatic carbocycles. The lowest BCUT2D eigenvalue weighted by molar-refractivity contribution is 0.334. The number of hydrogen-bond acceptors (Lipinski definition) is 2. The van der Waals surface area contributed by atoms with E-state index in [1.54, 1.807) is 0 Å². The molecule has 1 heterocycles. The van der Waals surface area contributed by atoms with Gasteiger partial charge in [0.2, 0.25) is 0 Å². The van der Waals surface area contributed by atoms with Crippen molar-refractivity contribution in [3.8, 4) is 5.75 Å². The van der Waals surface area contributed by atoms with Gasteiger partial charge >= 0.3 is 0 Å². The summed E-state index contributed by atoms with van der Waals surface area (Å²) in [6.45, 7) is 3.69. The van der Waals surface area contributed by atoms with Crippen LogP contribution < -0.4 is 10.1 Å². The number of aryl methyl sites for hydroxylation is 1. The molecule has 0 fully saturated rings. The Balaban J connectivity index is 1.76. The molecule has 0 saturated carbocycles. The molecule has 0 radical (unpaired) electrons. The predicted octanol–water partition coefficient (Wildman–Crippen LogP) is 5.11. The van der Waals surface area contributed by atoms with E-state index in [0.29, 0.717) is 5.92 Å². The molecule has 4 heteroatoms. The van der Waals surface area contributed by atoms with Crippen LogP contribution in [0.15, 0.2) is 45.3 Å². The maximum Gasteiger partial charge on any atom is 0.122 e. The number of anilines is 1. The molecule has 1 atom stereocenters. The van der Waals surface area contributed by atoms with E-state index in [0.717, 1.165) is 33.5 Å². The summed E-state index contributed by atoms with van der Waals surface area (Å²) >= 11 is 7.23. The van der Waals surface area contributed by atoms with Crippen molar-refractivity contribution in [2.45, 2.75) is 12.8 Å². The van der Waals surface area contributed by atoms with Gasteiger partial charge in [0, 0.05) is 27.0 Å². The van der Waals surface area contributed by atoms with Crippen molar-refractivity contribution in [3.63, 3.8) is 0 Å². The molecule has 0 spiro atoms. The summed E-state index contributed by atoms with van der Waals surface area (Å²) in [5.41, 5.74) is 3.61. The first-order valence-corrected chi connectivity index (χ1v) is 8.15. The second kappa shape index (κ2) is 5.78. The van der Waals surface area contributed by atoms with Crippen LogP contribution >= 0.6 is 31.9 Å². The summed E-state index contributed by atoms with van der Waals surface area (Å²) in [4.78, 5) is 0. The molecule has 0 bridgehead atoms. The largest absolute Gasteiger partial charge is 0.493 e. The Hall–Kier alpha value is -1.00. The number of nitrogens with one attached hydrogen (secondary N) is 1. The van der Waals surface area contributed by atoms with Crippen LogP contribution in [-0.4, -0.2) is 13.2 Å². The predicted molar refractivity (Wildman–Crippen MR) is 89.7 cm³/mol. The summed E-state index contributed by atoms with van der Waals surface area (Å²) in [5, 5.41) is 3.52. The maximum atomic E-state index is 5.72. The zero-order valence-corrected chi connectivity index (χ0v) is 14.3. The van der Waals surface area contributed by atoms with Crippen molar-refractivity contribution in [2.75, 3.05) is 18.5 Å². The van der Waals surface area contributed by atoms with Crippen LogP contribution in [-0.2, 0) is 0 Å². The van der Waals surface area contributed by atoms with Crippen molar-refractivity contribution in [1.82, 2.24) is 0 Å². The SMILES string of the molecule is Cc1cc(Br)c(NCC2COc3ccccc32)c(Br)c1. The highest BCUT2D eigenvalue weighted by molar-refractivity contribution is 9.11. The van der Waals surface area contributed by atoms with Crippen molar-refractivity contribution >= 4 is 37.5 Å². The number of halogens is 2. The third kappa shape index (κ3) is 2.72. The van der Waals surface area contributed by atoms with Gasteiger partial charge in [-0.05, 0) is 62.5 Å². The summed E-state index contributed by atoms with van der Waals surface area (Å²) in [6.07, 6.45) is 0. The minimum atomic E-state index is 0.395. The molecule has 104 valence electrons. The average molecular weight is 397 g/mol. The molecule has 0 aromatic heterocycles. The fraction of sp³-hybridized carbons (Fsp3) is 0.250. The van der Waals surface area contributed by atoms with E-state index in [2.05, 4.69) is 68.4 Å². The maximum absolute atomic E-state index is 5.72. The molecular weight excluding hydrogens is 382 g/mol. The van der Waals surface area contributed by atoms with E-state index in [9.17, 15) is 0 Å². The second-order valence-corrected chi connectivity index (χ2v) is 6.74. The summed E-state index contributed by atoms with van der Waals surface area (Å²) < 4.78 is 7.88. The van der Waals surface area contributed by atoms with E-state index in [1.165, 1.54) is 11.1 Å². The standard InChI is InChI=1S/C16H15Br2NO/c1-10-6-13(17)16(14(18)7-10)19-8-11-9-20-15-5-3-2-4-12(11)15/h2-7,11,19H,8-9H2,1H3. The van der Waals surface area contributed by atoms with Crippen molar-refractivity contribution in [2.24, 2.45) is 0 Å². The van der Waals surface area contributed by atoms with E-state index in [1.807, 2.05) is 12.1 Å². The fourth-order valence-corrected chi connectivity index (χ4v) is 4.19. The highest BCUT2D eigenvalue weighted by Crippen LogP contribution is 2.36. The van der Waals surface area contributed by atoms with Crippen LogP contribution in [0.2, 0.25) is 0 Å². The number of fused-ring (bicyclic) bond motifs is 1. The first kappa shape index (κ1) is 14.0. The van der Waals surface area contributed by atoms with E-state index >= 15 is 0 Å². The molecule has 1 unspecified atom stereocenters. The Labute approximate surface area is 135 Å². The Morgan fingerprint density at radius 3 is 2.65 bits per heavy atom. The number of ether oxygens (including phenoxy) is 1. The summed E-state index contributed by atoms with van der Waals surface area (Å²) in [7, 11) is 0. The van der Waals surface area contributed by atoms with Gasteiger partial charge in [-0.1, -0.05) is 18.2 Å². The van der Waals surface area contributed by atoms with E-state index < -0.39 is 0 Å². The van der Waals surface area contributed by atoms with Gasteiger partial charge in [0.1, 0.15) is 5.75 Å². The zero-order chi connectivity index (χ0) is 14.1. The Morgan fingerprint density at radius 1 is 1.20 bits per heavy atom. The third-order valence-corrected chi connectivity index (χ3v) is 4.76. The first-order chi connectivity index (χ1) is 9.65. The van der Waals surface area contributed by atoms with Crippen LogP contribution in [0.5, 0.6) is 5.75 Å². The molecule has 1 aliphatic rings. The lowest BCUT2D eigenvalue weighted by atomic mass is 10.0. The van der Waals surface area contributed by atoms with Gasteiger partial charge in [0.15, 0.2) is 0 Å². The molecule has 0 amide bonds. The molecule has 2 aromatic rings. The topological polar surface area (TPSA) is 21.3 Å². The highest BCUT2D eigenvalue weighted by Gasteiger charge is 2.23. The van der Waals surface area contributed by atoms with Gasteiger partial charge < -0.3 is 10.1 Å². The molecule has 0 saturated heterocycles. The number of para-hydroxylation sites is 1. The van der Waals surface area contributed by atoms with Gasteiger partial charge in [-0.15, -0.1) is 0 Å². The van der Waals surface area contributed by atoms with Crippen molar-refractivity contribution in [1.29, 1.82) is 0 Å². The smallest absolute Gasteiger partial charge is 0.122 e. The lowest BCUT2D eigenvalue weighted by Gasteiger charge is -2.15. The highest BCUT2D eigenvalue weighted by atomic mass is 79.9. The van der Waals surface area contributed by atoms with Crippen LogP contribution in [0.25, 0.3) is 0 Å². The zero-order valence-electron chi connectivity index (χ0n) is 11.1. The van der Waals surface area contributed by atoms with Crippen LogP contribution in [0.3, 0.4) is 0 Å². The molecular formula is C16H15Br2NO. The lowest BCUT2D eigenvalue weighted by Crippen LogP contribution is -2.14. The summed E-state index contributed by atoms with van der Waals surface area (Å²) in [6, 6.07) is 12.5. The van der Waals surface area contributed by atoms with Gasteiger partial charge in [-0.25, -0.2) is 0 Å². The van der Waals surface area contributed by atoms with Gasteiger partial charge in [-0.3, -0.25) is 0 Å². The van der Waals surface area contributed by atoms with Crippen LogP contribution in [0.1, 0.15) is 17.0 Å². The minimum Gasteiger partial charge on any atom is -0.493 e. The van der Waals surface area contributed by atoms with Crippen LogP contribution in [0, 0.1) is 6.92 Å². The van der Waals surface area contributed by atoms with E-state index in [-0.39, 0.29) is 0 Å². The van der Waals surface area contributed by atoms with E-state index in [4.69, 9.17) is 4.74 Å².